The van der Waals surface area contributed by atoms with Crippen molar-refractivity contribution in [3.8, 4) is 0 Å². The van der Waals surface area contributed by atoms with E-state index in [1.165, 1.54) is 6.07 Å². The van der Waals surface area contributed by atoms with Gasteiger partial charge in [-0.2, -0.15) is 0 Å². The number of amides is 1. The van der Waals surface area contributed by atoms with Gasteiger partial charge >= 0.3 is 0 Å². The van der Waals surface area contributed by atoms with Crippen LogP contribution in [0.25, 0.3) is 0 Å². The van der Waals surface area contributed by atoms with Gasteiger partial charge < -0.3 is 15.8 Å². The van der Waals surface area contributed by atoms with Crippen molar-refractivity contribution in [2.45, 2.75) is 12.6 Å². The van der Waals surface area contributed by atoms with Crippen molar-refractivity contribution >= 4 is 23.1 Å². The van der Waals surface area contributed by atoms with Crippen LogP contribution in [0.15, 0.2) is 18.2 Å². The zero-order valence-corrected chi connectivity index (χ0v) is 12.6. The van der Waals surface area contributed by atoms with E-state index in [0.29, 0.717) is 37.4 Å². The Kier molecular flexibility index (Phi) is 5.22. The molecule has 1 aromatic rings. The molecule has 0 radical (unpaired) electrons. The summed E-state index contributed by atoms with van der Waals surface area (Å²) in [5.74, 6) is -0.502. The number of likely N-dealkylation sites (N-methyl/N-ethyl adjacent to an activating group) is 1. The molecule has 0 aromatic heterocycles. The summed E-state index contributed by atoms with van der Waals surface area (Å²) in [5, 5.41) is 2.60. The number of carbonyl (C=O) groups excluding carboxylic acids is 1. The highest BCUT2D eigenvalue weighted by Gasteiger charge is 2.29. The number of hydrogen-bond donors (Lipinski definition) is 2. The molecule has 0 saturated carbocycles. The molecule has 0 spiro atoms. The zero-order valence-electron chi connectivity index (χ0n) is 11.8. The summed E-state index contributed by atoms with van der Waals surface area (Å²) < 4.78 is 19.4. The molecule has 0 bridgehead atoms. The number of halogens is 1. The number of benzene rings is 1. The van der Waals surface area contributed by atoms with Crippen LogP contribution in [-0.2, 0) is 16.1 Å². The molecule has 1 amide bonds. The van der Waals surface area contributed by atoms with Crippen LogP contribution in [0.1, 0.15) is 11.1 Å². The lowest BCUT2D eigenvalue weighted by atomic mass is 10.1. The molecule has 3 N–H and O–H groups in total. The third-order valence-corrected chi connectivity index (χ3v) is 3.74. The lowest BCUT2D eigenvalue weighted by Gasteiger charge is -2.34. The van der Waals surface area contributed by atoms with E-state index in [1.54, 1.807) is 19.2 Å². The summed E-state index contributed by atoms with van der Waals surface area (Å²) in [4.78, 5) is 13.9. The number of nitrogens with two attached hydrogens (primary N) is 1. The average Bonchev–Trinajstić information content (AvgIpc) is 2.49. The average molecular weight is 311 g/mol. The van der Waals surface area contributed by atoms with Gasteiger partial charge in [0, 0.05) is 31.3 Å². The second-order valence-electron chi connectivity index (χ2n) is 4.85. The summed E-state index contributed by atoms with van der Waals surface area (Å²) in [5.41, 5.74) is 6.48. The Balaban J connectivity index is 2.15. The fraction of sp³-hybridized carbons (Fsp3) is 0.429. The number of nitrogens with one attached hydrogen (secondary N) is 1. The van der Waals surface area contributed by atoms with E-state index in [-0.39, 0.29) is 16.7 Å². The zero-order chi connectivity index (χ0) is 15.4. The quantitative estimate of drug-likeness (QED) is 0.788. The van der Waals surface area contributed by atoms with Gasteiger partial charge in [-0.25, -0.2) is 4.39 Å². The number of thiocarbonyl (C=S) groups is 1. The van der Waals surface area contributed by atoms with Crippen molar-refractivity contribution in [1.82, 2.24) is 10.2 Å². The molecule has 114 valence electrons. The molecule has 5 nitrogen and oxygen atoms in total. The molecular formula is C14H18FN3O2S. The maximum Gasteiger partial charge on any atom is 0.239 e. The highest BCUT2D eigenvalue weighted by atomic mass is 32.1. The van der Waals surface area contributed by atoms with Gasteiger partial charge in [0.2, 0.25) is 5.91 Å². The summed E-state index contributed by atoms with van der Waals surface area (Å²) in [7, 11) is 1.58. The van der Waals surface area contributed by atoms with Crippen LogP contribution in [0.3, 0.4) is 0 Å². The Morgan fingerprint density at radius 3 is 3.00 bits per heavy atom. The van der Waals surface area contributed by atoms with Crippen molar-refractivity contribution in [3.05, 3.63) is 35.1 Å². The van der Waals surface area contributed by atoms with Crippen LogP contribution in [0.4, 0.5) is 4.39 Å². The van der Waals surface area contributed by atoms with Crippen molar-refractivity contribution in [3.63, 3.8) is 0 Å². The van der Waals surface area contributed by atoms with Crippen molar-refractivity contribution in [2.24, 2.45) is 5.73 Å². The van der Waals surface area contributed by atoms with Gasteiger partial charge in [-0.15, -0.1) is 0 Å². The highest BCUT2D eigenvalue weighted by molar-refractivity contribution is 7.80. The van der Waals surface area contributed by atoms with Gasteiger partial charge in [0.1, 0.15) is 16.8 Å². The number of carbonyl (C=O) groups is 1. The molecule has 7 heteroatoms. The van der Waals surface area contributed by atoms with Gasteiger partial charge in [-0.05, 0) is 6.07 Å². The third kappa shape index (κ3) is 3.75. The SMILES string of the molecule is CNC(=O)C1COCCN1Cc1ccc(C(N)=S)cc1F. The molecule has 1 aliphatic rings. The predicted molar refractivity (Wildman–Crippen MR) is 81.4 cm³/mol. The maximum absolute atomic E-state index is 14.1. The lowest BCUT2D eigenvalue weighted by molar-refractivity contribution is -0.132. The number of ether oxygens (including phenoxy) is 1. The molecule has 1 fully saturated rings. The van der Waals surface area contributed by atoms with Gasteiger partial charge in [0.15, 0.2) is 0 Å². The molecule has 1 atom stereocenters. The Bertz CT molecular complexity index is 553. The molecule has 1 unspecified atom stereocenters. The predicted octanol–water partition coefficient (Wildman–Crippen LogP) is 0.407. The van der Waals surface area contributed by atoms with E-state index < -0.39 is 6.04 Å². The number of morpholine rings is 1. The van der Waals surface area contributed by atoms with Crippen LogP contribution in [0.2, 0.25) is 0 Å². The van der Waals surface area contributed by atoms with E-state index >= 15 is 0 Å². The fourth-order valence-electron chi connectivity index (χ4n) is 2.28. The Morgan fingerprint density at radius 1 is 1.62 bits per heavy atom. The fourth-order valence-corrected chi connectivity index (χ4v) is 2.41. The normalized spacial score (nSPS) is 19.2. The summed E-state index contributed by atoms with van der Waals surface area (Å²) in [6.45, 7) is 1.76. The second-order valence-corrected chi connectivity index (χ2v) is 5.29. The lowest BCUT2D eigenvalue weighted by Crippen LogP contribution is -2.52. The van der Waals surface area contributed by atoms with Gasteiger partial charge in [-0.1, -0.05) is 24.4 Å². The van der Waals surface area contributed by atoms with Crippen LogP contribution in [0.5, 0.6) is 0 Å². The monoisotopic (exact) mass is 311 g/mol. The standard InChI is InChI=1S/C14H18FN3O2S/c1-17-14(19)12-8-20-5-4-18(12)7-10-3-2-9(13(16)21)6-11(10)15/h2-3,6,12H,4-5,7-8H2,1H3,(H2,16,21)(H,17,19). The van der Waals surface area contributed by atoms with E-state index in [2.05, 4.69) is 5.32 Å². The number of rotatable bonds is 4. The van der Waals surface area contributed by atoms with Crippen molar-refractivity contribution in [2.75, 3.05) is 26.8 Å². The molecule has 1 aliphatic heterocycles. The van der Waals surface area contributed by atoms with Gasteiger partial charge in [-0.3, -0.25) is 9.69 Å². The molecule has 21 heavy (non-hydrogen) atoms. The molecule has 1 saturated heterocycles. The molecular weight excluding hydrogens is 293 g/mol. The first-order valence-electron chi connectivity index (χ1n) is 6.64. The van der Waals surface area contributed by atoms with Crippen molar-refractivity contribution < 1.29 is 13.9 Å². The topological polar surface area (TPSA) is 67.6 Å². The summed E-state index contributed by atoms with van der Waals surface area (Å²) in [6, 6.07) is 4.27. The highest BCUT2D eigenvalue weighted by Crippen LogP contribution is 2.17. The van der Waals surface area contributed by atoms with Crippen LogP contribution in [-0.4, -0.2) is 48.6 Å². The Morgan fingerprint density at radius 2 is 2.38 bits per heavy atom. The first-order chi connectivity index (χ1) is 10.0. The summed E-state index contributed by atoms with van der Waals surface area (Å²) in [6.07, 6.45) is 0. The summed E-state index contributed by atoms with van der Waals surface area (Å²) >= 11 is 4.83. The first-order valence-corrected chi connectivity index (χ1v) is 7.05. The second kappa shape index (κ2) is 6.93. The van der Waals surface area contributed by atoms with E-state index in [1.807, 2.05) is 4.90 Å². The minimum atomic E-state index is -0.404. The first kappa shape index (κ1) is 15.8. The number of hydrogen-bond acceptors (Lipinski definition) is 4. The minimum absolute atomic E-state index is 0.130. The molecule has 1 heterocycles. The number of nitrogens with zero attached hydrogens (tertiary/aromatic N) is 1. The maximum atomic E-state index is 14.1. The van der Waals surface area contributed by atoms with E-state index in [9.17, 15) is 9.18 Å². The van der Waals surface area contributed by atoms with E-state index in [0.717, 1.165) is 0 Å². The third-order valence-electron chi connectivity index (χ3n) is 3.50. The Labute approximate surface area is 128 Å². The molecule has 2 rings (SSSR count). The van der Waals surface area contributed by atoms with Crippen LogP contribution in [0, 0.1) is 5.82 Å². The Hall–Kier alpha value is -1.57. The smallest absolute Gasteiger partial charge is 0.239 e. The van der Waals surface area contributed by atoms with E-state index in [4.69, 9.17) is 22.7 Å². The molecule has 1 aromatic carbocycles. The van der Waals surface area contributed by atoms with Gasteiger partial charge in [0.05, 0.1) is 13.2 Å². The van der Waals surface area contributed by atoms with Gasteiger partial charge in [0.25, 0.3) is 0 Å². The minimum Gasteiger partial charge on any atom is -0.389 e. The van der Waals surface area contributed by atoms with Crippen molar-refractivity contribution in [1.29, 1.82) is 0 Å². The largest absolute Gasteiger partial charge is 0.389 e. The van der Waals surface area contributed by atoms with Crippen LogP contribution < -0.4 is 11.1 Å². The van der Waals surface area contributed by atoms with Crippen LogP contribution >= 0.6 is 12.2 Å². The molecule has 0 aliphatic carbocycles.